The number of furan rings is 1. The highest BCUT2D eigenvalue weighted by molar-refractivity contribution is 6.05. The van der Waals surface area contributed by atoms with Crippen molar-refractivity contribution in [3.05, 3.63) is 174 Å². The Labute approximate surface area is 362 Å². The molecule has 7 aromatic carbocycles. The van der Waals surface area contributed by atoms with Crippen LogP contribution in [0.2, 0.25) is 0 Å². The number of aromatic nitrogens is 3. The molecule has 4 bridgehead atoms. The van der Waals surface area contributed by atoms with E-state index in [-0.39, 0.29) is 5.41 Å². The lowest BCUT2D eigenvalue weighted by Crippen LogP contribution is -2.48. The summed E-state index contributed by atoms with van der Waals surface area (Å²) in [5.74, 6) is 4.82. The zero-order chi connectivity index (χ0) is 41.2. The van der Waals surface area contributed by atoms with Crippen molar-refractivity contribution in [2.75, 3.05) is 0 Å². The van der Waals surface area contributed by atoms with Crippen LogP contribution in [0.25, 0.3) is 89.5 Å². The minimum absolute atomic E-state index is 0.134. The Morgan fingerprint density at radius 2 is 0.903 bits per heavy atom. The van der Waals surface area contributed by atoms with Crippen molar-refractivity contribution in [3.63, 3.8) is 0 Å². The first-order valence-electron chi connectivity index (χ1n) is 22.6. The maximum absolute atomic E-state index is 6.23. The molecule has 0 amide bonds. The van der Waals surface area contributed by atoms with E-state index in [9.17, 15) is 0 Å². The lowest BCUT2D eigenvalue weighted by molar-refractivity contribution is -0.00518. The van der Waals surface area contributed by atoms with Gasteiger partial charge in [-0.15, -0.1) is 0 Å². The van der Waals surface area contributed by atoms with Gasteiger partial charge < -0.3 is 4.42 Å². The number of nitrogens with zero attached hydrogens (tertiary/aromatic N) is 3. The van der Waals surface area contributed by atoms with Crippen LogP contribution in [0.15, 0.2) is 162 Å². The summed E-state index contributed by atoms with van der Waals surface area (Å²) in [6.07, 6.45) is 8.60. The standard InChI is InChI=1S/C58H47N3O/c1-57(2)50-9-5-3-7-46(50)47-25-22-44(30-51(47)57)56-60-54(41-15-11-38(12-16-41)39-19-23-45(24-20-39)58-32-35-27-36(33-58)29-37(28-35)34-58)59-55(61-56)42-17-13-40(14-18-42)43-21-26-49-48-8-4-6-10-52(48)62-53(49)31-43/h3-26,30-31,35-37H,27-29,32-34H2,1-2H3. The van der Waals surface area contributed by atoms with Crippen LogP contribution in [0.3, 0.4) is 0 Å². The zero-order valence-electron chi connectivity index (χ0n) is 35.2. The fourth-order valence-corrected chi connectivity index (χ4v) is 12.6. The van der Waals surface area contributed by atoms with Crippen molar-refractivity contribution < 1.29 is 4.42 Å². The Morgan fingerprint density at radius 1 is 0.419 bits per heavy atom. The van der Waals surface area contributed by atoms with Crippen molar-refractivity contribution >= 4 is 21.9 Å². The van der Waals surface area contributed by atoms with Crippen LogP contribution in [0.4, 0.5) is 0 Å². The summed E-state index contributed by atoms with van der Waals surface area (Å²) in [5, 5.41) is 2.27. The normalized spacial score (nSPS) is 21.7. The zero-order valence-corrected chi connectivity index (χ0v) is 35.2. The molecule has 0 unspecified atom stereocenters. The van der Waals surface area contributed by atoms with Gasteiger partial charge in [0, 0.05) is 32.9 Å². The van der Waals surface area contributed by atoms with Gasteiger partial charge in [0.05, 0.1) is 0 Å². The third-order valence-corrected chi connectivity index (χ3v) is 15.3. The fourth-order valence-electron chi connectivity index (χ4n) is 12.6. The SMILES string of the molecule is CC1(C)c2ccccc2-c2ccc(-c3nc(-c4ccc(-c5ccc(C67CC8CC(CC(C8)C6)C7)cc5)cc4)nc(-c4ccc(-c5ccc6c(c5)oc5ccccc56)cc4)n3)cc21. The van der Waals surface area contributed by atoms with Crippen molar-refractivity contribution in [2.24, 2.45) is 17.8 Å². The van der Waals surface area contributed by atoms with Crippen LogP contribution in [0, 0.1) is 17.8 Å². The Kier molecular flexibility index (Phi) is 7.80. The summed E-state index contributed by atoms with van der Waals surface area (Å²) in [6.45, 7) is 4.63. The minimum Gasteiger partial charge on any atom is -0.456 e. The Morgan fingerprint density at radius 3 is 1.56 bits per heavy atom. The van der Waals surface area contributed by atoms with Crippen molar-refractivity contribution in [3.8, 4) is 67.5 Å². The highest BCUT2D eigenvalue weighted by Crippen LogP contribution is 2.61. The van der Waals surface area contributed by atoms with E-state index >= 15 is 0 Å². The molecule has 0 radical (unpaired) electrons. The molecule has 14 rings (SSSR count). The highest BCUT2D eigenvalue weighted by atomic mass is 16.3. The van der Waals surface area contributed by atoms with Gasteiger partial charge in [-0.3, -0.25) is 0 Å². The van der Waals surface area contributed by atoms with Gasteiger partial charge in [0.1, 0.15) is 11.2 Å². The fraction of sp³-hybridized carbons (Fsp3) is 0.224. The summed E-state index contributed by atoms with van der Waals surface area (Å²) in [5.41, 5.74) is 16.4. The first kappa shape index (κ1) is 36.0. The van der Waals surface area contributed by atoms with Crippen molar-refractivity contribution in [1.29, 1.82) is 0 Å². The second-order valence-corrected chi connectivity index (χ2v) is 19.5. The summed E-state index contributed by atoms with van der Waals surface area (Å²) < 4.78 is 6.23. The molecule has 5 aliphatic carbocycles. The van der Waals surface area contributed by atoms with Gasteiger partial charge in [-0.1, -0.05) is 147 Å². The molecular formula is C58H47N3O. The van der Waals surface area contributed by atoms with Crippen LogP contribution < -0.4 is 0 Å². The molecule has 4 fully saturated rings. The van der Waals surface area contributed by atoms with E-state index in [0.717, 1.165) is 67.5 Å². The van der Waals surface area contributed by atoms with Gasteiger partial charge in [-0.05, 0) is 136 Å². The average molecular weight is 802 g/mol. The second kappa shape index (κ2) is 13.4. The van der Waals surface area contributed by atoms with Crippen molar-refractivity contribution in [1.82, 2.24) is 15.0 Å². The summed E-state index contributed by atoms with van der Waals surface area (Å²) in [4.78, 5) is 15.6. The number of benzene rings is 7. The number of rotatable bonds is 6. The largest absolute Gasteiger partial charge is 0.456 e. The molecule has 2 heterocycles. The molecule has 4 heteroatoms. The van der Waals surface area contributed by atoms with Gasteiger partial charge in [-0.2, -0.15) is 0 Å². The van der Waals surface area contributed by atoms with Gasteiger partial charge in [0.2, 0.25) is 0 Å². The molecule has 4 nitrogen and oxygen atoms in total. The number of fused-ring (bicyclic) bond motifs is 6. The molecule has 62 heavy (non-hydrogen) atoms. The van der Waals surface area contributed by atoms with Crippen LogP contribution in [-0.4, -0.2) is 15.0 Å². The third kappa shape index (κ3) is 5.69. The lowest BCUT2D eigenvalue weighted by Gasteiger charge is -2.57. The second-order valence-electron chi connectivity index (χ2n) is 19.5. The molecule has 0 aliphatic heterocycles. The Hall–Kier alpha value is -6.65. The average Bonchev–Trinajstić information content (AvgIpc) is 3.79. The summed E-state index contributed by atoms with van der Waals surface area (Å²) in [7, 11) is 0. The maximum Gasteiger partial charge on any atom is 0.164 e. The van der Waals surface area contributed by atoms with E-state index in [0.29, 0.717) is 22.9 Å². The summed E-state index contributed by atoms with van der Waals surface area (Å²) >= 11 is 0. The minimum atomic E-state index is -0.134. The van der Waals surface area contributed by atoms with Gasteiger partial charge in [0.15, 0.2) is 17.5 Å². The first-order valence-corrected chi connectivity index (χ1v) is 22.6. The maximum atomic E-state index is 6.23. The van der Waals surface area contributed by atoms with E-state index in [1.54, 1.807) is 5.56 Å². The Bertz CT molecular complexity index is 3190. The smallest absolute Gasteiger partial charge is 0.164 e. The molecule has 0 spiro atoms. The van der Waals surface area contributed by atoms with Crippen molar-refractivity contribution in [2.45, 2.75) is 63.2 Å². The van der Waals surface area contributed by atoms with Crippen LogP contribution in [0.1, 0.15) is 69.1 Å². The summed E-state index contributed by atoms with van der Waals surface area (Å²) in [6, 6.07) is 57.1. The van der Waals surface area contributed by atoms with E-state index in [4.69, 9.17) is 19.4 Å². The van der Waals surface area contributed by atoms with E-state index in [1.807, 2.05) is 12.1 Å². The Balaban J connectivity index is 0.854. The molecule has 0 N–H and O–H groups in total. The quantitative estimate of drug-likeness (QED) is 0.168. The number of para-hydroxylation sites is 1. The topological polar surface area (TPSA) is 51.8 Å². The first-order chi connectivity index (χ1) is 30.3. The van der Waals surface area contributed by atoms with E-state index < -0.39 is 0 Å². The molecule has 5 aliphatic rings. The lowest BCUT2D eigenvalue weighted by atomic mass is 9.48. The van der Waals surface area contributed by atoms with E-state index in [1.165, 1.54) is 71.9 Å². The van der Waals surface area contributed by atoms with Crippen LogP contribution in [-0.2, 0) is 10.8 Å². The predicted molar refractivity (Wildman–Crippen MR) is 252 cm³/mol. The van der Waals surface area contributed by atoms with Crippen LogP contribution >= 0.6 is 0 Å². The van der Waals surface area contributed by atoms with Gasteiger partial charge >= 0.3 is 0 Å². The van der Waals surface area contributed by atoms with Gasteiger partial charge in [0.25, 0.3) is 0 Å². The molecule has 300 valence electrons. The molecule has 0 saturated heterocycles. The third-order valence-electron chi connectivity index (χ3n) is 15.3. The van der Waals surface area contributed by atoms with Gasteiger partial charge in [-0.25, -0.2) is 15.0 Å². The van der Waals surface area contributed by atoms with Crippen LogP contribution in [0.5, 0.6) is 0 Å². The molecule has 9 aromatic rings. The number of hydrogen-bond acceptors (Lipinski definition) is 4. The number of hydrogen-bond donors (Lipinski definition) is 0. The molecule has 2 aromatic heterocycles. The molecular weight excluding hydrogens is 755 g/mol. The molecule has 4 saturated carbocycles. The van der Waals surface area contributed by atoms with E-state index in [2.05, 4.69) is 159 Å². The molecule has 0 atom stereocenters. The highest BCUT2D eigenvalue weighted by Gasteiger charge is 2.51. The predicted octanol–water partition coefficient (Wildman–Crippen LogP) is 14.9. The monoisotopic (exact) mass is 801 g/mol.